The van der Waals surface area contributed by atoms with Crippen molar-refractivity contribution in [1.82, 2.24) is 10.6 Å². The second kappa shape index (κ2) is 7.58. The topological polar surface area (TPSA) is 45.7 Å². The molecule has 1 aromatic rings. The van der Waals surface area contributed by atoms with E-state index < -0.39 is 0 Å². The molecule has 0 amide bonds. The first-order valence-corrected chi connectivity index (χ1v) is 6.36. The molecule has 0 fully saturated rings. The van der Waals surface area contributed by atoms with Crippen LogP contribution in [0, 0.1) is 6.92 Å². The quantitative estimate of drug-likeness (QED) is 0.620. The van der Waals surface area contributed by atoms with E-state index in [-0.39, 0.29) is 0 Å². The van der Waals surface area contributed by atoms with E-state index in [0.29, 0.717) is 6.54 Å². The molecule has 4 nitrogen and oxygen atoms in total. The molecule has 4 heteroatoms. The summed E-state index contributed by atoms with van der Waals surface area (Å²) in [4.78, 5) is 4.53. The summed E-state index contributed by atoms with van der Waals surface area (Å²) in [7, 11) is 1.69. The number of methoxy groups -OCH3 is 1. The van der Waals surface area contributed by atoms with Gasteiger partial charge in [-0.25, -0.2) is 4.99 Å². The summed E-state index contributed by atoms with van der Waals surface area (Å²) in [6, 6.07) is 6.16. The highest BCUT2D eigenvalue weighted by Gasteiger charge is 1.99. The molecule has 18 heavy (non-hydrogen) atoms. The third kappa shape index (κ3) is 4.65. The summed E-state index contributed by atoms with van der Waals surface area (Å²) in [6.07, 6.45) is 0. The number of nitrogens with zero attached hydrogens (tertiary/aromatic N) is 1. The Kier molecular flexibility index (Phi) is 6.05. The molecule has 1 rings (SSSR count). The van der Waals surface area contributed by atoms with Crippen LogP contribution in [0.2, 0.25) is 0 Å². The minimum absolute atomic E-state index is 0.646. The molecule has 0 heterocycles. The van der Waals surface area contributed by atoms with Crippen LogP contribution in [-0.4, -0.2) is 26.2 Å². The Morgan fingerprint density at radius 1 is 1.17 bits per heavy atom. The number of hydrogen-bond donors (Lipinski definition) is 2. The zero-order valence-electron chi connectivity index (χ0n) is 11.7. The summed E-state index contributed by atoms with van der Waals surface area (Å²) in [5.41, 5.74) is 2.34. The van der Waals surface area contributed by atoms with Crippen molar-refractivity contribution < 1.29 is 4.74 Å². The Morgan fingerprint density at radius 3 is 2.39 bits per heavy atom. The lowest BCUT2D eigenvalue weighted by molar-refractivity contribution is 0.414. The normalized spacial score (nSPS) is 9.78. The molecule has 0 aliphatic carbocycles. The van der Waals surface area contributed by atoms with E-state index in [1.807, 2.05) is 12.1 Å². The molecule has 0 aliphatic heterocycles. The fraction of sp³-hybridized carbons (Fsp3) is 0.500. The van der Waals surface area contributed by atoms with Gasteiger partial charge in [0.05, 0.1) is 13.7 Å². The van der Waals surface area contributed by atoms with Gasteiger partial charge in [-0.15, -0.1) is 0 Å². The van der Waals surface area contributed by atoms with Gasteiger partial charge in [0.15, 0.2) is 5.96 Å². The Labute approximate surface area is 109 Å². The van der Waals surface area contributed by atoms with Gasteiger partial charge in [-0.2, -0.15) is 0 Å². The standard InChI is InChI=1S/C14H23N3O/c1-5-15-14(16-6-2)17-10-12-7-11(3)8-13(9-12)18-4/h7-9H,5-6,10H2,1-4H3,(H2,15,16,17). The lowest BCUT2D eigenvalue weighted by Gasteiger charge is -2.10. The van der Waals surface area contributed by atoms with Crippen LogP contribution in [0.4, 0.5) is 0 Å². The highest BCUT2D eigenvalue weighted by molar-refractivity contribution is 5.79. The SMILES string of the molecule is CCNC(=NCc1cc(C)cc(OC)c1)NCC. The van der Waals surface area contributed by atoms with Gasteiger partial charge in [0.2, 0.25) is 0 Å². The zero-order valence-corrected chi connectivity index (χ0v) is 11.7. The number of hydrogen-bond acceptors (Lipinski definition) is 2. The number of aliphatic imine (C=N–C) groups is 1. The Hall–Kier alpha value is -1.71. The van der Waals surface area contributed by atoms with E-state index in [1.54, 1.807) is 7.11 Å². The third-order valence-corrected chi connectivity index (χ3v) is 2.45. The molecule has 2 N–H and O–H groups in total. The van der Waals surface area contributed by atoms with E-state index in [1.165, 1.54) is 5.56 Å². The first-order chi connectivity index (χ1) is 8.69. The highest BCUT2D eigenvalue weighted by atomic mass is 16.5. The van der Waals surface area contributed by atoms with Crippen LogP contribution < -0.4 is 15.4 Å². The molecule has 0 unspecified atom stereocenters. The molecule has 0 aliphatic rings. The average Bonchev–Trinajstić information content (AvgIpc) is 2.36. The molecule has 1 aromatic carbocycles. The van der Waals surface area contributed by atoms with Crippen LogP contribution in [0.3, 0.4) is 0 Å². The minimum atomic E-state index is 0.646. The van der Waals surface area contributed by atoms with Gasteiger partial charge in [0.1, 0.15) is 5.75 Å². The molecular formula is C14H23N3O. The predicted octanol–water partition coefficient (Wildman–Crippen LogP) is 2.08. The van der Waals surface area contributed by atoms with E-state index in [0.717, 1.165) is 30.4 Å². The van der Waals surface area contributed by atoms with Crippen molar-refractivity contribution in [2.45, 2.75) is 27.3 Å². The van der Waals surface area contributed by atoms with Gasteiger partial charge in [-0.3, -0.25) is 0 Å². The van der Waals surface area contributed by atoms with Crippen molar-refractivity contribution in [3.63, 3.8) is 0 Å². The van der Waals surface area contributed by atoms with E-state index in [4.69, 9.17) is 4.74 Å². The van der Waals surface area contributed by atoms with Crippen molar-refractivity contribution in [3.8, 4) is 5.75 Å². The molecule has 0 aromatic heterocycles. The van der Waals surface area contributed by atoms with Crippen LogP contribution >= 0.6 is 0 Å². The number of benzene rings is 1. The van der Waals surface area contributed by atoms with Crippen molar-refractivity contribution in [2.75, 3.05) is 20.2 Å². The van der Waals surface area contributed by atoms with Crippen molar-refractivity contribution in [2.24, 2.45) is 4.99 Å². The zero-order chi connectivity index (χ0) is 13.4. The molecule has 100 valence electrons. The Morgan fingerprint density at radius 2 is 1.83 bits per heavy atom. The minimum Gasteiger partial charge on any atom is -0.497 e. The maximum absolute atomic E-state index is 5.26. The molecule has 0 spiro atoms. The van der Waals surface area contributed by atoms with Crippen molar-refractivity contribution in [1.29, 1.82) is 0 Å². The van der Waals surface area contributed by atoms with E-state index >= 15 is 0 Å². The van der Waals surface area contributed by atoms with E-state index in [2.05, 4.69) is 42.5 Å². The van der Waals surface area contributed by atoms with E-state index in [9.17, 15) is 0 Å². The Bertz CT molecular complexity index is 394. The van der Waals surface area contributed by atoms with Crippen LogP contribution in [-0.2, 0) is 6.54 Å². The lowest BCUT2D eigenvalue weighted by atomic mass is 10.1. The van der Waals surface area contributed by atoms with Gasteiger partial charge in [0.25, 0.3) is 0 Å². The largest absolute Gasteiger partial charge is 0.497 e. The summed E-state index contributed by atoms with van der Waals surface area (Å²) in [6.45, 7) is 8.55. The smallest absolute Gasteiger partial charge is 0.191 e. The van der Waals surface area contributed by atoms with Crippen LogP contribution in [0.5, 0.6) is 5.75 Å². The fourth-order valence-electron chi connectivity index (χ4n) is 1.71. The van der Waals surface area contributed by atoms with Crippen molar-refractivity contribution >= 4 is 5.96 Å². The number of ether oxygens (including phenoxy) is 1. The number of guanidine groups is 1. The molecule has 0 radical (unpaired) electrons. The highest BCUT2D eigenvalue weighted by Crippen LogP contribution is 2.16. The monoisotopic (exact) mass is 249 g/mol. The Balaban J connectivity index is 2.76. The lowest BCUT2D eigenvalue weighted by Crippen LogP contribution is -2.36. The molecular weight excluding hydrogens is 226 g/mol. The predicted molar refractivity (Wildman–Crippen MR) is 76.2 cm³/mol. The van der Waals surface area contributed by atoms with Gasteiger partial charge >= 0.3 is 0 Å². The summed E-state index contributed by atoms with van der Waals surface area (Å²) in [5, 5.41) is 6.41. The maximum Gasteiger partial charge on any atom is 0.191 e. The second-order valence-electron chi connectivity index (χ2n) is 4.08. The molecule has 0 bridgehead atoms. The summed E-state index contributed by atoms with van der Waals surface area (Å²) in [5.74, 6) is 1.73. The summed E-state index contributed by atoms with van der Waals surface area (Å²) >= 11 is 0. The fourth-order valence-corrected chi connectivity index (χ4v) is 1.71. The third-order valence-electron chi connectivity index (χ3n) is 2.45. The van der Waals surface area contributed by atoms with Crippen LogP contribution in [0.15, 0.2) is 23.2 Å². The molecule has 0 saturated heterocycles. The number of nitrogens with one attached hydrogen (secondary N) is 2. The van der Waals surface area contributed by atoms with Crippen molar-refractivity contribution in [3.05, 3.63) is 29.3 Å². The van der Waals surface area contributed by atoms with Gasteiger partial charge in [-0.1, -0.05) is 6.07 Å². The average molecular weight is 249 g/mol. The first kappa shape index (κ1) is 14.4. The van der Waals surface area contributed by atoms with Gasteiger partial charge in [0, 0.05) is 13.1 Å². The number of rotatable bonds is 5. The first-order valence-electron chi connectivity index (χ1n) is 6.36. The van der Waals surface area contributed by atoms with Gasteiger partial charge in [-0.05, 0) is 44.0 Å². The summed E-state index contributed by atoms with van der Waals surface area (Å²) < 4.78 is 5.26. The molecule has 0 atom stereocenters. The van der Waals surface area contributed by atoms with Gasteiger partial charge < -0.3 is 15.4 Å². The maximum atomic E-state index is 5.26. The van der Waals surface area contributed by atoms with Crippen LogP contribution in [0.1, 0.15) is 25.0 Å². The second-order valence-corrected chi connectivity index (χ2v) is 4.08. The number of aryl methyl sites for hydroxylation is 1. The molecule has 0 saturated carbocycles. The van der Waals surface area contributed by atoms with Crippen LogP contribution in [0.25, 0.3) is 0 Å².